The van der Waals surface area contributed by atoms with Crippen molar-refractivity contribution in [3.8, 4) is 33.9 Å². The van der Waals surface area contributed by atoms with Crippen molar-refractivity contribution in [2.75, 3.05) is 7.11 Å². The van der Waals surface area contributed by atoms with E-state index < -0.39 is 0 Å². The fraction of sp³-hybridized carbons (Fsp3) is 0.0800. The fourth-order valence-electron chi connectivity index (χ4n) is 3.69. The summed E-state index contributed by atoms with van der Waals surface area (Å²) >= 11 is 3.40. The number of halogens is 1. The van der Waals surface area contributed by atoms with Crippen LogP contribution < -0.4 is 4.74 Å². The Morgan fingerprint density at radius 1 is 1.00 bits per heavy atom. The number of methoxy groups -OCH3 is 1. The van der Waals surface area contributed by atoms with Gasteiger partial charge in [-0.3, -0.25) is 4.79 Å². The molecule has 1 heterocycles. The molecule has 0 aliphatic carbocycles. The Morgan fingerprint density at radius 3 is 2.43 bits per heavy atom. The van der Waals surface area contributed by atoms with Crippen molar-refractivity contribution in [1.82, 2.24) is 4.98 Å². The van der Waals surface area contributed by atoms with Crippen LogP contribution in [0, 0.1) is 6.92 Å². The van der Waals surface area contributed by atoms with Crippen LogP contribution in [0.5, 0.6) is 11.5 Å². The molecular formula is C25H20BrNO3. The number of aromatic nitrogens is 1. The molecule has 1 aromatic heterocycles. The van der Waals surface area contributed by atoms with Gasteiger partial charge in [-0.05, 0) is 36.8 Å². The molecule has 30 heavy (non-hydrogen) atoms. The van der Waals surface area contributed by atoms with Crippen LogP contribution in [0.3, 0.4) is 0 Å². The summed E-state index contributed by atoms with van der Waals surface area (Å²) in [7, 11) is 1.61. The molecule has 3 aromatic carbocycles. The molecule has 0 amide bonds. The average Bonchev–Trinajstić information content (AvgIpc) is 3.12. The minimum absolute atomic E-state index is 0.0629. The van der Waals surface area contributed by atoms with E-state index in [1.807, 2.05) is 61.5 Å². The highest BCUT2D eigenvalue weighted by Crippen LogP contribution is 2.41. The van der Waals surface area contributed by atoms with Crippen LogP contribution in [0.25, 0.3) is 22.4 Å². The van der Waals surface area contributed by atoms with Crippen molar-refractivity contribution >= 4 is 21.7 Å². The van der Waals surface area contributed by atoms with Gasteiger partial charge in [-0.1, -0.05) is 64.5 Å². The van der Waals surface area contributed by atoms with Gasteiger partial charge in [0.05, 0.1) is 23.9 Å². The summed E-state index contributed by atoms with van der Waals surface area (Å²) in [6.07, 6.45) is 0. The van der Waals surface area contributed by atoms with E-state index in [4.69, 9.17) is 4.74 Å². The number of aromatic amines is 1. The van der Waals surface area contributed by atoms with E-state index in [9.17, 15) is 9.90 Å². The fourth-order valence-corrected chi connectivity index (χ4v) is 4.05. The highest BCUT2D eigenvalue weighted by Gasteiger charge is 2.27. The number of para-hydroxylation sites is 1. The molecule has 0 spiro atoms. The van der Waals surface area contributed by atoms with E-state index in [2.05, 4.69) is 20.9 Å². The van der Waals surface area contributed by atoms with Gasteiger partial charge in [0.25, 0.3) is 0 Å². The minimum Gasteiger partial charge on any atom is -0.507 e. The molecular weight excluding hydrogens is 442 g/mol. The molecule has 0 bridgehead atoms. The molecule has 0 saturated heterocycles. The van der Waals surface area contributed by atoms with Crippen LogP contribution in [-0.4, -0.2) is 23.0 Å². The molecule has 4 rings (SSSR count). The summed E-state index contributed by atoms with van der Waals surface area (Å²) in [6, 6.07) is 22.2. The molecule has 0 radical (unpaired) electrons. The van der Waals surface area contributed by atoms with Crippen molar-refractivity contribution in [1.29, 1.82) is 0 Å². The zero-order chi connectivity index (χ0) is 21.3. The number of benzene rings is 3. The maximum atomic E-state index is 13.8. The topological polar surface area (TPSA) is 62.3 Å². The first kappa shape index (κ1) is 20.0. The third-order valence-electron chi connectivity index (χ3n) is 5.06. The first-order valence-electron chi connectivity index (χ1n) is 9.46. The van der Waals surface area contributed by atoms with Gasteiger partial charge in [-0.15, -0.1) is 0 Å². The lowest BCUT2D eigenvalue weighted by Crippen LogP contribution is -2.05. The Hall–Kier alpha value is -3.31. The van der Waals surface area contributed by atoms with E-state index in [-0.39, 0.29) is 17.1 Å². The van der Waals surface area contributed by atoms with Gasteiger partial charge in [0.2, 0.25) is 0 Å². The van der Waals surface area contributed by atoms with Gasteiger partial charge in [-0.2, -0.15) is 0 Å². The molecule has 5 heteroatoms. The number of ether oxygens (including phenoxy) is 1. The minimum atomic E-state index is -0.266. The van der Waals surface area contributed by atoms with Gasteiger partial charge < -0.3 is 14.8 Å². The van der Waals surface area contributed by atoms with Gasteiger partial charge in [0, 0.05) is 21.3 Å². The molecule has 2 N–H and O–H groups in total. The Balaban J connectivity index is 2.04. The second-order valence-electron chi connectivity index (χ2n) is 6.93. The highest BCUT2D eigenvalue weighted by atomic mass is 79.9. The molecule has 0 unspecified atom stereocenters. The van der Waals surface area contributed by atoms with Crippen LogP contribution in [0.4, 0.5) is 0 Å². The number of ketones is 1. The summed E-state index contributed by atoms with van der Waals surface area (Å²) in [5.41, 5.74) is 4.74. The lowest BCUT2D eigenvalue weighted by atomic mass is 9.91. The number of phenols is 1. The summed E-state index contributed by atoms with van der Waals surface area (Å²) in [4.78, 5) is 17.2. The van der Waals surface area contributed by atoms with Crippen LogP contribution in [0.1, 0.15) is 21.6 Å². The summed E-state index contributed by atoms with van der Waals surface area (Å²) < 4.78 is 6.29. The number of rotatable bonds is 5. The Bertz CT molecular complexity index is 1230. The number of phenolic OH excluding ortho intramolecular Hbond substituents is 1. The average molecular weight is 462 g/mol. The molecule has 150 valence electrons. The number of aryl methyl sites for hydroxylation is 1. The predicted octanol–water partition coefficient (Wildman–Crippen LogP) is 6.36. The molecule has 0 aliphatic heterocycles. The number of carbonyl (C=O) groups excluding carboxylic acids is 1. The number of nitrogens with one attached hydrogen (secondary N) is 1. The zero-order valence-electron chi connectivity index (χ0n) is 16.6. The second-order valence-corrected chi connectivity index (χ2v) is 7.85. The van der Waals surface area contributed by atoms with Crippen molar-refractivity contribution in [3.05, 3.63) is 94.1 Å². The van der Waals surface area contributed by atoms with Crippen LogP contribution in [0.2, 0.25) is 0 Å². The van der Waals surface area contributed by atoms with Crippen LogP contribution in [0.15, 0.2) is 77.3 Å². The van der Waals surface area contributed by atoms with Crippen LogP contribution >= 0.6 is 15.9 Å². The van der Waals surface area contributed by atoms with Gasteiger partial charge in [0.1, 0.15) is 11.5 Å². The Kier molecular flexibility index (Phi) is 5.46. The Labute approximate surface area is 183 Å². The molecule has 0 saturated carbocycles. The number of hydrogen-bond acceptors (Lipinski definition) is 3. The standard InChI is InChI=1S/C25H20BrNO3/c1-15-22(18-10-6-7-11-21(18)30-2)23(24(27-15)16-8-4-3-5-9-16)25(29)19-14-17(26)12-13-20(19)28/h3-14,27-28H,1-2H3. The number of aromatic hydroxyl groups is 1. The summed E-state index contributed by atoms with van der Waals surface area (Å²) in [6.45, 7) is 1.94. The quantitative estimate of drug-likeness (QED) is 0.339. The number of carbonyl (C=O) groups is 1. The first-order valence-corrected chi connectivity index (χ1v) is 10.2. The Morgan fingerprint density at radius 2 is 1.70 bits per heavy atom. The van der Waals surface area contributed by atoms with E-state index in [0.29, 0.717) is 17.0 Å². The predicted molar refractivity (Wildman–Crippen MR) is 122 cm³/mol. The smallest absolute Gasteiger partial charge is 0.199 e. The van der Waals surface area contributed by atoms with E-state index in [1.165, 1.54) is 6.07 Å². The van der Waals surface area contributed by atoms with Gasteiger partial charge >= 0.3 is 0 Å². The molecule has 4 nitrogen and oxygen atoms in total. The maximum absolute atomic E-state index is 13.8. The number of hydrogen-bond donors (Lipinski definition) is 2. The van der Waals surface area contributed by atoms with Crippen LogP contribution in [-0.2, 0) is 0 Å². The SMILES string of the molecule is COc1ccccc1-c1c(C)[nH]c(-c2ccccc2)c1C(=O)c1cc(Br)ccc1O. The summed E-state index contributed by atoms with van der Waals surface area (Å²) in [5, 5.41) is 10.4. The van der Waals surface area contributed by atoms with Gasteiger partial charge in [0.15, 0.2) is 5.78 Å². The summed E-state index contributed by atoms with van der Waals surface area (Å²) in [5.74, 6) is 0.344. The van der Waals surface area contributed by atoms with Crippen molar-refractivity contribution in [3.63, 3.8) is 0 Å². The lowest BCUT2D eigenvalue weighted by molar-refractivity contribution is 0.103. The zero-order valence-corrected chi connectivity index (χ0v) is 18.2. The number of H-pyrrole nitrogens is 1. The largest absolute Gasteiger partial charge is 0.507 e. The van der Waals surface area contributed by atoms with E-state index >= 15 is 0 Å². The van der Waals surface area contributed by atoms with Crippen molar-refractivity contribution in [2.24, 2.45) is 0 Å². The second kappa shape index (κ2) is 8.20. The maximum Gasteiger partial charge on any atom is 0.199 e. The van der Waals surface area contributed by atoms with E-state index in [0.717, 1.165) is 26.9 Å². The molecule has 4 aromatic rings. The highest BCUT2D eigenvalue weighted by molar-refractivity contribution is 9.10. The third-order valence-corrected chi connectivity index (χ3v) is 5.55. The van der Waals surface area contributed by atoms with Gasteiger partial charge in [-0.25, -0.2) is 0 Å². The molecule has 0 fully saturated rings. The van der Waals surface area contributed by atoms with Crippen molar-refractivity contribution < 1.29 is 14.6 Å². The van der Waals surface area contributed by atoms with E-state index in [1.54, 1.807) is 19.2 Å². The van der Waals surface area contributed by atoms with Crippen molar-refractivity contribution in [2.45, 2.75) is 6.92 Å². The molecule has 0 atom stereocenters. The monoisotopic (exact) mass is 461 g/mol. The first-order chi connectivity index (χ1) is 14.5. The molecule has 0 aliphatic rings. The third kappa shape index (κ3) is 3.53. The normalized spacial score (nSPS) is 10.8. The lowest BCUT2D eigenvalue weighted by Gasteiger charge is -2.12.